The van der Waals surface area contributed by atoms with E-state index >= 15 is 0 Å². The number of hydrogen-bond acceptors (Lipinski definition) is 5. The number of anilines is 1. The highest BCUT2D eigenvalue weighted by Crippen LogP contribution is 2.32. The van der Waals surface area contributed by atoms with E-state index in [2.05, 4.69) is 10.6 Å². The summed E-state index contributed by atoms with van der Waals surface area (Å²) in [6, 6.07) is 16.5. The normalized spacial score (nSPS) is 12.0. The molecule has 0 unspecified atom stereocenters. The largest absolute Gasteiger partial charge is 0.467 e. The molecule has 2 aromatic carbocycles. The van der Waals surface area contributed by atoms with Crippen LogP contribution in [0.25, 0.3) is 0 Å². The van der Waals surface area contributed by atoms with Crippen LogP contribution in [0.4, 0.5) is 10.5 Å². The number of rotatable bonds is 7. The minimum atomic E-state index is -0.286. The summed E-state index contributed by atoms with van der Waals surface area (Å²) in [5.41, 5.74) is 2.59. The highest BCUT2D eigenvalue weighted by atomic mass is 16.7. The van der Waals surface area contributed by atoms with E-state index in [0.717, 1.165) is 22.6 Å². The van der Waals surface area contributed by atoms with Crippen LogP contribution < -0.4 is 20.1 Å². The molecule has 2 amide bonds. The molecule has 0 saturated heterocycles. The molecule has 28 heavy (non-hydrogen) atoms. The van der Waals surface area contributed by atoms with Gasteiger partial charge in [-0.1, -0.05) is 18.2 Å². The molecule has 0 aliphatic carbocycles. The fourth-order valence-electron chi connectivity index (χ4n) is 2.81. The van der Waals surface area contributed by atoms with Gasteiger partial charge in [-0.3, -0.25) is 0 Å². The molecule has 4 rings (SSSR count). The first-order chi connectivity index (χ1) is 13.8. The number of ether oxygens (including phenoxy) is 3. The summed E-state index contributed by atoms with van der Waals surface area (Å²) in [7, 11) is 0. The van der Waals surface area contributed by atoms with Crippen LogP contribution in [0, 0.1) is 0 Å². The van der Waals surface area contributed by atoms with Gasteiger partial charge in [-0.05, 0) is 47.5 Å². The summed E-state index contributed by atoms with van der Waals surface area (Å²) in [4.78, 5) is 12.2. The van der Waals surface area contributed by atoms with Crippen molar-refractivity contribution in [3.8, 4) is 11.5 Å². The van der Waals surface area contributed by atoms with Gasteiger partial charge in [-0.25, -0.2) is 4.79 Å². The van der Waals surface area contributed by atoms with E-state index in [1.807, 2.05) is 54.6 Å². The Balaban J connectivity index is 1.25. The molecule has 0 radical (unpaired) electrons. The minimum absolute atomic E-state index is 0.230. The number of benzene rings is 2. The average molecular weight is 380 g/mol. The van der Waals surface area contributed by atoms with E-state index in [9.17, 15) is 4.79 Å². The first kappa shape index (κ1) is 17.9. The van der Waals surface area contributed by atoms with Gasteiger partial charge in [0, 0.05) is 12.2 Å². The Morgan fingerprint density at radius 2 is 1.89 bits per heavy atom. The van der Waals surface area contributed by atoms with Crippen molar-refractivity contribution in [2.45, 2.75) is 19.8 Å². The first-order valence-corrected chi connectivity index (χ1v) is 8.89. The first-order valence-electron chi connectivity index (χ1n) is 8.89. The van der Waals surface area contributed by atoms with Crippen LogP contribution in [-0.4, -0.2) is 12.8 Å². The molecule has 0 fully saturated rings. The number of furan rings is 1. The van der Waals surface area contributed by atoms with Gasteiger partial charge in [0.05, 0.1) is 12.9 Å². The zero-order chi connectivity index (χ0) is 19.2. The lowest BCUT2D eigenvalue weighted by molar-refractivity contribution is 0.0930. The zero-order valence-corrected chi connectivity index (χ0v) is 15.1. The van der Waals surface area contributed by atoms with Crippen molar-refractivity contribution in [1.29, 1.82) is 0 Å². The number of hydrogen-bond donors (Lipinski definition) is 2. The molecule has 1 aliphatic rings. The molecule has 0 spiro atoms. The molecule has 7 nitrogen and oxygen atoms in total. The van der Waals surface area contributed by atoms with Crippen LogP contribution in [0.5, 0.6) is 11.5 Å². The molecule has 1 aliphatic heterocycles. The Morgan fingerprint density at radius 3 is 2.79 bits per heavy atom. The predicted octanol–water partition coefficient (Wildman–Crippen LogP) is 4.05. The highest BCUT2D eigenvalue weighted by molar-refractivity contribution is 5.89. The van der Waals surface area contributed by atoms with Gasteiger partial charge in [0.15, 0.2) is 11.5 Å². The maximum Gasteiger partial charge on any atom is 0.319 e. The van der Waals surface area contributed by atoms with E-state index in [1.54, 1.807) is 6.26 Å². The summed E-state index contributed by atoms with van der Waals surface area (Å²) < 4.78 is 21.5. The smallest absolute Gasteiger partial charge is 0.319 e. The fraction of sp³-hybridized carbons (Fsp3) is 0.190. The Hall–Kier alpha value is -3.45. The topological polar surface area (TPSA) is 82.0 Å². The monoisotopic (exact) mass is 380 g/mol. The number of nitrogens with one attached hydrogen (secondary N) is 2. The van der Waals surface area contributed by atoms with Crippen molar-refractivity contribution in [2.24, 2.45) is 0 Å². The van der Waals surface area contributed by atoms with Gasteiger partial charge in [-0.2, -0.15) is 0 Å². The van der Waals surface area contributed by atoms with Gasteiger partial charge in [0.1, 0.15) is 12.4 Å². The number of carbonyl (C=O) groups is 1. The molecular weight excluding hydrogens is 360 g/mol. The van der Waals surface area contributed by atoms with Crippen LogP contribution in [-0.2, 0) is 24.5 Å². The van der Waals surface area contributed by atoms with Crippen molar-refractivity contribution in [2.75, 3.05) is 12.1 Å². The summed E-state index contributed by atoms with van der Waals surface area (Å²) in [6.45, 7) is 1.44. The lowest BCUT2D eigenvalue weighted by atomic mass is 10.2. The molecule has 7 heteroatoms. The predicted molar refractivity (Wildman–Crippen MR) is 102 cm³/mol. The number of urea groups is 1. The van der Waals surface area contributed by atoms with Gasteiger partial charge >= 0.3 is 6.03 Å². The lowest BCUT2D eigenvalue weighted by Crippen LogP contribution is -2.28. The van der Waals surface area contributed by atoms with Gasteiger partial charge in [0.25, 0.3) is 0 Å². The molecule has 1 aromatic heterocycles. The van der Waals surface area contributed by atoms with Crippen LogP contribution in [0.15, 0.2) is 65.3 Å². The van der Waals surface area contributed by atoms with E-state index in [0.29, 0.717) is 31.2 Å². The van der Waals surface area contributed by atoms with Crippen LogP contribution >= 0.6 is 0 Å². The highest BCUT2D eigenvalue weighted by Gasteiger charge is 2.13. The zero-order valence-electron chi connectivity index (χ0n) is 15.1. The Labute approximate surface area is 162 Å². The Bertz CT molecular complexity index is 940. The van der Waals surface area contributed by atoms with Gasteiger partial charge in [0.2, 0.25) is 6.79 Å². The van der Waals surface area contributed by atoms with Gasteiger partial charge in [-0.15, -0.1) is 0 Å². The molecular formula is C21H20N2O5. The molecule has 2 N–H and O–H groups in total. The summed E-state index contributed by atoms with van der Waals surface area (Å²) in [5.74, 6) is 2.19. The Kier molecular flexibility index (Phi) is 5.44. The maximum atomic E-state index is 12.2. The molecule has 3 aromatic rings. The fourth-order valence-corrected chi connectivity index (χ4v) is 2.81. The SMILES string of the molecule is O=C(NCc1ccc2c(c1)OCO2)Nc1cccc(COCc2ccco2)c1. The molecule has 2 heterocycles. The average Bonchev–Trinajstić information content (AvgIpc) is 3.38. The summed E-state index contributed by atoms with van der Waals surface area (Å²) in [5, 5.41) is 5.66. The number of amides is 2. The second-order valence-corrected chi connectivity index (χ2v) is 6.27. The molecule has 0 saturated carbocycles. The van der Waals surface area contributed by atoms with Crippen LogP contribution in [0.3, 0.4) is 0 Å². The van der Waals surface area contributed by atoms with E-state index in [1.165, 1.54) is 0 Å². The third-order valence-electron chi connectivity index (χ3n) is 4.17. The van der Waals surface area contributed by atoms with Crippen molar-refractivity contribution in [3.63, 3.8) is 0 Å². The van der Waals surface area contributed by atoms with Crippen molar-refractivity contribution in [3.05, 3.63) is 77.7 Å². The molecule has 0 bridgehead atoms. The van der Waals surface area contributed by atoms with Crippen LogP contribution in [0.2, 0.25) is 0 Å². The maximum absolute atomic E-state index is 12.2. The van der Waals surface area contributed by atoms with E-state index < -0.39 is 0 Å². The minimum Gasteiger partial charge on any atom is -0.467 e. The van der Waals surface area contributed by atoms with Crippen LogP contribution in [0.1, 0.15) is 16.9 Å². The van der Waals surface area contributed by atoms with Crippen molar-refractivity contribution in [1.82, 2.24) is 5.32 Å². The lowest BCUT2D eigenvalue weighted by Gasteiger charge is -2.10. The number of fused-ring (bicyclic) bond motifs is 1. The van der Waals surface area contributed by atoms with Crippen molar-refractivity contribution < 1.29 is 23.4 Å². The van der Waals surface area contributed by atoms with Gasteiger partial charge < -0.3 is 29.3 Å². The number of carbonyl (C=O) groups excluding carboxylic acids is 1. The molecule has 0 atom stereocenters. The second-order valence-electron chi connectivity index (χ2n) is 6.27. The third-order valence-corrected chi connectivity index (χ3v) is 4.17. The summed E-state index contributed by atoms with van der Waals surface area (Å²) >= 11 is 0. The summed E-state index contributed by atoms with van der Waals surface area (Å²) in [6.07, 6.45) is 1.62. The third kappa shape index (κ3) is 4.63. The Morgan fingerprint density at radius 1 is 0.964 bits per heavy atom. The quantitative estimate of drug-likeness (QED) is 0.646. The van der Waals surface area contributed by atoms with Crippen molar-refractivity contribution >= 4 is 11.7 Å². The van der Waals surface area contributed by atoms with E-state index in [4.69, 9.17) is 18.6 Å². The molecule has 144 valence electrons. The van der Waals surface area contributed by atoms with E-state index in [-0.39, 0.29) is 12.8 Å². The second kappa shape index (κ2) is 8.49. The standard InChI is InChI=1S/C21H20N2O5/c24-21(22-11-15-6-7-19-20(10-15)28-14-27-19)23-17-4-1-3-16(9-17)12-25-13-18-5-2-8-26-18/h1-10H,11-14H2,(H2,22,23,24).